The van der Waals surface area contributed by atoms with E-state index >= 15 is 0 Å². The maximum Gasteiger partial charge on any atom is 0.343 e. The molecule has 0 bridgehead atoms. The molecule has 3 rings (SSSR count). The smallest absolute Gasteiger partial charge is 0.343 e. The van der Waals surface area contributed by atoms with Gasteiger partial charge in [0, 0.05) is 5.39 Å². The number of piperidine rings is 1. The molecule has 1 heterocycles. The third kappa shape index (κ3) is 3.87. The van der Waals surface area contributed by atoms with Gasteiger partial charge >= 0.3 is 6.03 Å². The fraction of sp³-hybridized carbons (Fsp3) is 0.476. The minimum atomic E-state index is -0.219. The Kier molecular flexibility index (Phi) is 6.19. The molecule has 27 heavy (non-hydrogen) atoms. The van der Waals surface area contributed by atoms with E-state index < -0.39 is 0 Å². The summed E-state index contributed by atoms with van der Waals surface area (Å²) in [5.74, 6) is 0.837. The van der Waals surface area contributed by atoms with Crippen LogP contribution < -0.4 is 10.2 Å². The lowest BCUT2D eigenvalue weighted by Crippen LogP contribution is -2.55. The molecule has 1 aliphatic rings. The fourth-order valence-corrected chi connectivity index (χ4v) is 4.11. The number of methoxy groups -OCH3 is 1. The molecular formula is C21H29N3O3. The van der Waals surface area contributed by atoms with Crippen LogP contribution in [0.25, 0.3) is 10.8 Å². The molecule has 0 aromatic heterocycles. The van der Waals surface area contributed by atoms with Crippen molar-refractivity contribution < 1.29 is 14.4 Å². The third-order valence-corrected chi connectivity index (χ3v) is 5.48. The summed E-state index contributed by atoms with van der Waals surface area (Å²) in [5, 5.41) is 2.14. The van der Waals surface area contributed by atoms with Gasteiger partial charge in [-0.3, -0.25) is 9.74 Å². The van der Waals surface area contributed by atoms with Crippen molar-refractivity contribution in [1.29, 1.82) is 0 Å². The van der Waals surface area contributed by atoms with Gasteiger partial charge in [0.15, 0.2) is 0 Å². The van der Waals surface area contributed by atoms with Gasteiger partial charge in [-0.25, -0.2) is 10.3 Å². The molecule has 2 aromatic carbocycles. The van der Waals surface area contributed by atoms with Crippen molar-refractivity contribution >= 4 is 16.8 Å². The van der Waals surface area contributed by atoms with E-state index in [4.69, 9.17) is 9.57 Å². The zero-order chi connectivity index (χ0) is 19.4. The number of urea groups is 1. The van der Waals surface area contributed by atoms with Crippen LogP contribution in [0.4, 0.5) is 4.79 Å². The minimum Gasteiger partial charge on any atom is -0.496 e. The zero-order valence-electron chi connectivity index (χ0n) is 16.6. The average molecular weight is 371 g/mol. The van der Waals surface area contributed by atoms with Crippen LogP contribution in [0.5, 0.6) is 5.75 Å². The van der Waals surface area contributed by atoms with Crippen molar-refractivity contribution in [2.24, 2.45) is 0 Å². The first-order valence-electron chi connectivity index (χ1n) is 9.45. The fourth-order valence-electron chi connectivity index (χ4n) is 4.11. The van der Waals surface area contributed by atoms with Crippen LogP contribution in [0.2, 0.25) is 0 Å². The van der Waals surface area contributed by atoms with E-state index in [1.165, 1.54) is 7.11 Å². The first-order valence-corrected chi connectivity index (χ1v) is 9.45. The largest absolute Gasteiger partial charge is 0.496 e. The van der Waals surface area contributed by atoms with Crippen LogP contribution in [-0.4, -0.2) is 49.8 Å². The number of benzene rings is 2. The van der Waals surface area contributed by atoms with Crippen molar-refractivity contribution in [3.8, 4) is 5.75 Å². The Morgan fingerprint density at radius 2 is 1.93 bits per heavy atom. The number of carbonyl (C=O) groups is 1. The molecule has 2 aromatic rings. The first kappa shape index (κ1) is 19.5. The van der Waals surface area contributed by atoms with Crippen molar-refractivity contribution in [2.45, 2.75) is 38.4 Å². The van der Waals surface area contributed by atoms with Gasteiger partial charge < -0.3 is 9.64 Å². The van der Waals surface area contributed by atoms with Crippen LogP contribution in [0.3, 0.4) is 0 Å². The van der Waals surface area contributed by atoms with Crippen LogP contribution in [0.1, 0.15) is 37.8 Å². The molecular weight excluding hydrogens is 342 g/mol. The topological polar surface area (TPSA) is 54.0 Å². The van der Waals surface area contributed by atoms with E-state index in [0.717, 1.165) is 47.9 Å². The molecule has 6 heteroatoms. The van der Waals surface area contributed by atoms with E-state index in [1.54, 1.807) is 7.11 Å². The van der Waals surface area contributed by atoms with Gasteiger partial charge in [-0.2, -0.15) is 0 Å². The van der Waals surface area contributed by atoms with Gasteiger partial charge in [0.25, 0.3) is 0 Å². The van der Waals surface area contributed by atoms with Gasteiger partial charge in [-0.05, 0) is 56.8 Å². The van der Waals surface area contributed by atoms with Gasteiger partial charge in [0.2, 0.25) is 0 Å². The zero-order valence-corrected chi connectivity index (χ0v) is 16.6. The summed E-state index contributed by atoms with van der Waals surface area (Å²) in [6.45, 7) is 3.06. The number of hydrogen-bond donors (Lipinski definition) is 1. The lowest BCUT2D eigenvalue weighted by Gasteiger charge is -2.43. The van der Waals surface area contributed by atoms with Gasteiger partial charge in [-0.15, -0.1) is 0 Å². The van der Waals surface area contributed by atoms with Crippen LogP contribution in [0.15, 0.2) is 36.4 Å². The summed E-state index contributed by atoms with van der Waals surface area (Å²) in [5.41, 5.74) is 3.61. The average Bonchev–Trinajstić information content (AvgIpc) is 2.69. The summed E-state index contributed by atoms with van der Waals surface area (Å²) in [6, 6.07) is 11.9. The number of hydroxylamine groups is 1. The first-order chi connectivity index (χ1) is 13.1. The highest BCUT2D eigenvalue weighted by atomic mass is 16.6. The normalized spacial score (nSPS) is 18.9. The Labute approximate surface area is 161 Å². The number of likely N-dealkylation sites (tertiary alicyclic amines) is 1. The van der Waals surface area contributed by atoms with Crippen molar-refractivity contribution in [3.63, 3.8) is 0 Å². The highest BCUT2D eigenvalue weighted by Crippen LogP contribution is 2.35. The Morgan fingerprint density at radius 3 is 2.59 bits per heavy atom. The number of nitrogens with one attached hydrogen (secondary N) is 1. The summed E-state index contributed by atoms with van der Waals surface area (Å²) in [4.78, 5) is 22.0. The van der Waals surface area contributed by atoms with Gasteiger partial charge in [0.1, 0.15) is 5.75 Å². The summed E-state index contributed by atoms with van der Waals surface area (Å²) < 4.78 is 5.52. The van der Waals surface area contributed by atoms with E-state index in [-0.39, 0.29) is 18.2 Å². The monoisotopic (exact) mass is 371 g/mol. The summed E-state index contributed by atoms with van der Waals surface area (Å²) in [7, 11) is 5.23. The molecule has 0 saturated carbocycles. The standard InChI is InChI=1S/C21H29N3O3/c1-15(16-12-13-19(26-3)18-10-6-5-9-17(16)18)24(21(25)22-27-4)20-11-7-8-14-23(20)2/h5-6,9-10,12-13,15,20H,7-8,11,14H2,1-4H3,(H,22,25)/t15?,20-/m1/s1. The lowest BCUT2D eigenvalue weighted by molar-refractivity contribution is 0.0108. The predicted molar refractivity (Wildman–Crippen MR) is 107 cm³/mol. The third-order valence-electron chi connectivity index (χ3n) is 5.48. The molecule has 2 atom stereocenters. The Bertz CT molecular complexity index is 795. The quantitative estimate of drug-likeness (QED) is 0.810. The van der Waals surface area contributed by atoms with Crippen LogP contribution >= 0.6 is 0 Å². The molecule has 0 spiro atoms. The molecule has 146 valence electrons. The van der Waals surface area contributed by atoms with E-state index in [0.29, 0.717) is 0 Å². The second-order valence-electron chi connectivity index (χ2n) is 7.05. The summed E-state index contributed by atoms with van der Waals surface area (Å²) in [6.07, 6.45) is 3.25. The number of fused-ring (bicyclic) bond motifs is 1. The van der Waals surface area contributed by atoms with Crippen molar-refractivity contribution in [3.05, 3.63) is 42.0 Å². The van der Waals surface area contributed by atoms with Gasteiger partial charge in [0.05, 0.1) is 26.4 Å². The predicted octanol–water partition coefficient (Wildman–Crippen LogP) is 3.92. The molecule has 6 nitrogen and oxygen atoms in total. The number of ether oxygens (including phenoxy) is 1. The molecule has 1 fully saturated rings. The second-order valence-corrected chi connectivity index (χ2v) is 7.05. The number of rotatable bonds is 5. The number of carbonyl (C=O) groups excluding carboxylic acids is 1. The Balaban J connectivity index is 2.05. The molecule has 1 saturated heterocycles. The van der Waals surface area contributed by atoms with E-state index in [9.17, 15) is 4.79 Å². The number of hydrogen-bond acceptors (Lipinski definition) is 4. The Hall–Kier alpha value is -2.31. The molecule has 2 amide bonds. The maximum absolute atomic E-state index is 12.9. The molecule has 0 radical (unpaired) electrons. The highest BCUT2D eigenvalue weighted by molar-refractivity contribution is 5.91. The minimum absolute atomic E-state index is 0.0322. The van der Waals surface area contributed by atoms with Crippen LogP contribution in [0, 0.1) is 0 Å². The number of nitrogens with zero attached hydrogens (tertiary/aromatic N) is 2. The van der Waals surface area contributed by atoms with Crippen LogP contribution in [-0.2, 0) is 4.84 Å². The maximum atomic E-state index is 12.9. The molecule has 1 unspecified atom stereocenters. The van der Waals surface area contributed by atoms with Crippen molar-refractivity contribution in [1.82, 2.24) is 15.3 Å². The summed E-state index contributed by atoms with van der Waals surface area (Å²) >= 11 is 0. The van der Waals surface area contributed by atoms with Crippen molar-refractivity contribution in [2.75, 3.05) is 27.8 Å². The number of amides is 2. The lowest BCUT2D eigenvalue weighted by atomic mass is 9.96. The molecule has 1 N–H and O–H groups in total. The Morgan fingerprint density at radius 1 is 1.19 bits per heavy atom. The molecule has 1 aliphatic heterocycles. The SMILES string of the molecule is CONC(=O)N(C(C)c1ccc(OC)c2ccccc12)[C@@H]1CCCCN1C. The highest BCUT2D eigenvalue weighted by Gasteiger charge is 2.34. The molecule has 0 aliphatic carbocycles. The van der Waals surface area contributed by atoms with E-state index in [2.05, 4.69) is 42.6 Å². The second kappa shape index (κ2) is 8.59. The van der Waals surface area contributed by atoms with E-state index in [1.807, 2.05) is 23.1 Å². The van der Waals surface area contributed by atoms with Gasteiger partial charge in [-0.1, -0.05) is 30.3 Å².